The summed E-state index contributed by atoms with van der Waals surface area (Å²) < 4.78 is 32.9. The number of piperidine rings is 1. The van der Waals surface area contributed by atoms with Crippen LogP contribution in [-0.4, -0.2) is 37.9 Å². The Morgan fingerprint density at radius 3 is 2.61 bits per heavy atom. The van der Waals surface area contributed by atoms with Gasteiger partial charge in [-0.05, 0) is 67.5 Å². The Labute approximate surface area is 166 Å². The number of aromatic amines is 1. The third-order valence-electron chi connectivity index (χ3n) is 5.76. The van der Waals surface area contributed by atoms with E-state index >= 15 is 0 Å². The van der Waals surface area contributed by atoms with Gasteiger partial charge in [-0.3, -0.25) is 0 Å². The van der Waals surface area contributed by atoms with Crippen LogP contribution in [0.15, 0.2) is 53.6 Å². The van der Waals surface area contributed by atoms with Crippen LogP contribution in [0.4, 0.5) is 0 Å². The fourth-order valence-corrected chi connectivity index (χ4v) is 5.68. The molecule has 0 unspecified atom stereocenters. The van der Waals surface area contributed by atoms with E-state index in [2.05, 4.69) is 29.4 Å². The fourth-order valence-electron chi connectivity index (χ4n) is 4.13. The van der Waals surface area contributed by atoms with Gasteiger partial charge in [0, 0.05) is 30.2 Å². The summed E-state index contributed by atoms with van der Waals surface area (Å²) >= 11 is 0. The number of rotatable bonds is 5. The van der Waals surface area contributed by atoms with E-state index in [4.69, 9.17) is 4.74 Å². The van der Waals surface area contributed by atoms with Gasteiger partial charge < -0.3 is 9.72 Å². The van der Waals surface area contributed by atoms with Crippen molar-refractivity contribution in [2.45, 2.75) is 31.1 Å². The molecular weight excluding hydrogens is 372 g/mol. The minimum Gasteiger partial charge on any atom is -0.496 e. The van der Waals surface area contributed by atoms with Gasteiger partial charge in [0.25, 0.3) is 0 Å². The van der Waals surface area contributed by atoms with Crippen LogP contribution in [0.5, 0.6) is 5.75 Å². The Balaban J connectivity index is 1.44. The first-order valence-electron chi connectivity index (χ1n) is 9.69. The molecule has 0 radical (unpaired) electrons. The Hall–Kier alpha value is -2.31. The number of H-pyrrole nitrogens is 1. The molecule has 0 amide bonds. The highest BCUT2D eigenvalue weighted by molar-refractivity contribution is 7.89. The Morgan fingerprint density at radius 1 is 1.14 bits per heavy atom. The molecule has 1 saturated heterocycles. The predicted molar refractivity (Wildman–Crippen MR) is 111 cm³/mol. The van der Waals surface area contributed by atoms with Crippen molar-refractivity contribution in [2.24, 2.45) is 5.92 Å². The molecule has 1 aliphatic heterocycles. The van der Waals surface area contributed by atoms with Crippen LogP contribution in [0, 0.1) is 12.8 Å². The van der Waals surface area contributed by atoms with Crippen LogP contribution in [0.2, 0.25) is 0 Å². The number of fused-ring (bicyclic) bond motifs is 1. The quantitative estimate of drug-likeness (QED) is 0.703. The minimum absolute atomic E-state index is 0.348. The lowest BCUT2D eigenvalue weighted by Crippen LogP contribution is -2.38. The number of sulfonamides is 1. The van der Waals surface area contributed by atoms with Crippen LogP contribution < -0.4 is 4.74 Å². The smallest absolute Gasteiger partial charge is 0.243 e. The number of ether oxygens (including phenoxy) is 1. The largest absolute Gasteiger partial charge is 0.496 e. The number of aryl methyl sites for hydroxylation is 1. The van der Waals surface area contributed by atoms with Gasteiger partial charge in [-0.1, -0.05) is 18.2 Å². The highest BCUT2D eigenvalue weighted by Crippen LogP contribution is 2.30. The van der Waals surface area contributed by atoms with E-state index in [1.54, 1.807) is 29.6 Å². The molecule has 2 heterocycles. The second kappa shape index (κ2) is 7.60. The van der Waals surface area contributed by atoms with Crippen LogP contribution in [0.3, 0.4) is 0 Å². The molecule has 0 atom stereocenters. The lowest BCUT2D eigenvalue weighted by Gasteiger charge is -2.31. The molecule has 148 valence electrons. The Kier molecular flexibility index (Phi) is 5.17. The van der Waals surface area contributed by atoms with Crippen LogP contribution in [-0.2, 0) is 16.4 Å². The maximum absolute atomic E-state index is 13.0. The second-order valence-electron chi connectivity index (χ2n) is 7.54. The van der Waals surface area contributed by atoms with Gasteiger partial charge in [-0.25, -0.2) is 8.42 Å². The number of aromatic nitrogens is 1. The molecule has 5 nitrogen and oxygen atoms in total. The average Bonchev–Trinajstić information content (AvgIpc) is 3.11. The summed E-state index contributed by atoms with van der Waals surface area (Å²) in [6.45, 7) is 3.01. The summed E-state index contributed by atoms with van der Waals surface area (Å²) in [4.78, 5) is 3.68. The summed E-state index contributed by atoms with van der Waals surface area (Å²) in [5, 5.41) is 1.27. The molecule has 1 aromatic heterocycles. The lowest BCUT2D eigenvalue weighted by atomic mass is 9.91. The topological polar surface area (TPSA) is 62.4 Å². The van der Waals surface area contributed by atoms with Gasteiger partial charge >= 0.3 is 0 Å². The van der Waals surface area contributed by atoms with Crippen LogP contribution in [0.1, 0.15) is 24.0 Å². The molecule has 1 fully saturated rings. The molecule has 0 spiro atoms. The molecule has 4 rings (SSSR count). The van der Waals surface area contributed by atoms with Crippen molar-refractivity contribution in [1.29, 1.82) is 0 Å². The van der Waals surface area contributed by atoms with Gasteiger partial charge in [-0.2, -0.15) is 4.31 Å². The van der Waals surface area contributed by atoms with Crippen molar-refractivity contribution < 1.29 is 13.2 Å². The lowest BCUT2D eigenvalue weighted by molar-refractivity contribution is 0.273. The molecule has 0 aliphatic carbocycles. The maximum Gasteiger partial charge on any atom is 0.243 e. The summed E-state index contributed by atoms with van der Waals surface area (Å²) in [5.41, 5.74) is 3.31. The van der Waals surface area contributed by atoms with Crippen molar-refractivity contribution in [3.63, 3.8) is 0 Å². The van der Waals surface area contributed by atoms with Gasteiger partial charge in [0.15, 0.2) is 0 Å². The van der Waals surface area contributed by atoms with Gasteiger partial charge in [0.2, 0.25) is 10.0 Å². The van der Waals surface area contributed by atoms with E-state index in [1.807, 2.05) is 13.0 Å². The monoisotopic (exact) mass is 398 g/mol. The number of methoxy groups -OCH3 is 1. The van der Waals surface area contributed by atoms with Gasteiger partial charge in [-0.15, -0.1) is 0 Å². The Morgan fingerprint density at radius 2 is 1.89 bits per heavy atom. The highest BCUT2D eigenvalue weighted by atomic mass is 32.2. The molecular formula is C22H26N2O3S. The minimum atomic E-state index is -3.46. The Bertz CT molecular complexity index is 1080. The first-order chi connectivity index (χ1) is 13.5. The van der Waals surface area contributed by atoms with Crippen molar-refractivity contribution in [1.82, 2.24) is 9.29 Å². The van der Waals surface area contributed by atoms with Crippen molar-refractivity contribution >= 4 is 20.9 Å². The molecule has 6 heteroatoms. The van der Waals surface area contributed by atoms with Gasteiger partial charge in [0.1, 0.15) is 5.75 Å². The molecule has 2 aromatic carbocycles. The SMILES string of the molecule is COc1ccc(S(=O)(=O)N2CCC(Cc3c[nH]c4ccccc34)CC2)cc1C. The maximum atomic E-state index is 13.0. The summed E-state index contributed by atoms with van der Waals surface area (Å²) in [6.07, 6.45) is 4.84. The van der Waals surface area contributed by atoms with E-state index in [0.717, 1.165) is 30.3 Å². The number of nitrogens with one attached hydrogen (secondary N) is 1. The molecule has 3 aromatic rings. The molecule has 1 N–H and O–H groups in total. The van der Waals surface area contributed by atoms with Crippen molar-refractivity contribution in [3.05, 3.63) is 59.8 Å². The predicted octanol–water partition coefficient (Wildman–Crippen LogP) is 4.13. The molecule has 1 aliphatic rings. The third-order valence-corrected chi connectivity index (χ3v) is 7.66. The summed E-state index contributed by atoms with van der Waals surface area (Å²) in [6, 6.07) is 13.4. The number of benzene rings is 2. The van der Waals surface area contributed by atoms with E-state index in [9.17, 15) is 8.42 Å². The average molecular weight is 399 g/mol. The summed E-state index contributed by atoms with van der Waals surface area (Å²) in [5.74, 6) is 1.21. The number of hydrogen-bond acceptors (Lipinski definition) is 3. The standard InChI is InChI=1S/C22H26N2O3S/c1-16-13-19(7-8-22(16)27-2)28(25,26)24-11-9-17(10-12-24)14-18-15-23-21-6-4-3-5-20(18)21/h3-8,13,15,17,23H,9-12,14H2,1-2H3. The van der Waals surface area contributed by atoms with Crippen LogP contribution in [0.25, 0.3) is 10.9 Å². The summed E-state index contributed by atoms with van der Waals surface area (Å²) in [7, 11) is -1.87. The number of para-hydroxylation sites is 1. The third kappa shape index (κ3) is 3.54. The molecule has 0 saturated carbocycles. The van der Waals surface area contributed by atoms with Gasteiger partial charge in [0.05, 0.1) is 12.0 Å². The zero-order valence-electron chi connectivity index (χ0n) is 16.3. The van der Waals surface area contributed by atoms with Crippen molar-refractivity contribution in [2.75, 3.05) is 20.2 Å². The zero-order valence-corrected chi connectivity index (χ0v) is 17.1. The second-order valence-corrected chi connectivity index (χ2v) is 9.48. The first-order valence-corrected chi connectivity index (χ1v) is 11.1. The zero-order chi connectivity index (χ0) is 19.7. The number of hydrogen-bond donors (Lipinski definition) is 1. The number of nitrogens with zero attached hydrogens (tertiary/aromatic N) is 1. The first kappa shape index (κ1) is 19.0. The van der Waals surface area contributed by atoms with E-state index in [-0.39, 0.29) is 0 Å². The van der Waals surface area contributed by atoms with E-state index < -0.39 is 10.0 Å². The molecule has 0 bridgehead atoms. The fraction of sp³-hybridized carbons (Fsp3) is 0.364. The normalized spacial score (nSPS) is 16.5. The van der Waals surface area contributed by atoms with Crippen molar-refractivity contribution in [3.8, 4) is 5.75 Å². The van der Waals surface area contributed by atoms with E-state index in [0.29, 0.717) is 29.7 Å². The van der Waals surface area contributed by atoms with E-state index in [1.165, 1.54) is 10.9 Å². The molecule has 28 heavy (non-hydrogen) atoms. The highest BCUT2D eigenvalue weighted by Gasteiger charge is 2.30. The van der Waals surface area contributed by atoms with Crippen LogP contribution >= 0.6 is 0 Å².